The smallest absolute Gasteiger partial charge is 0.234 e. The van der Waals surface area contributed by atoms with E-state index in [0.29, 0.717) is 32.1 Å². The molecule has 1 amide bonds. The summed E-state index contributed by atoms with van der Waals surface area (Å²) in [6, 6.07) is 0.161. The second-order valence-electron chi connectivity index (χ2n) is 6.58. The van der Waals surface area contributed by atoms with Gasteiger partial charge in [-0.15, -0.1) is 10.2 Å². The largest absolute Gasteiger partial charge is 0.395 e. The third-order valence-corrected chi connectivity index (χ3v) is 4.54. The molecule has 1 aromatic rings. The first-order valence-corrected chi connectivity index (χ1v) is 7.53. The van der Waals surface area contributed by atoms with Crippen LogP contribution in [0.3, 0.4) is 0 Å². The summed E-state index contributed by atoms with van der Waals surface area (Å²) in [5, 5.41) is 21.2. The minimum atomic E-state index is -0.636. The van der Waals surface area contributed by atoms with Gasteiger partial charge in [0.15, 0.2) is 5.82 Å². The fourth-order valence-corrected chi connectivity index (χ4v) is 3.20. The topological polar surface area (TPSA) is 83.3 Å². The highest BCUT2D eigenvalue weighted by molar-refractivity contribution is 5.84. The van der Waals surface area contributed by atoms with Gasteiger partial charge in [0.05, 0.1) is 24.6 Å². The quantitative estimate of drug-likeness (QED) is 0.812. The second-order valence-corrected chi connectivity index (χ2v) is 6.58. The number of hydrogen-bond donors (Lipinski definition) is 2. The van der Waals surface area contributed by atoms with Crippen LogP contribution in [0.4, 0.5) is 0 Å². The molecular formula is C14H23N5O2. The number of nitrogens with zero attached hydrogens (tertiary/aromatic N) is 4. The summed E-state index contributed by atoms with van der Waals surface area (Å²) in [5.41, 5.74) is -0.636. The van der Waals surface area contributed by atoms with Crippen molar-refractivity contribution in [1.29, 1.82) is 0 Å². The number of nitrogens with one attached hydrogen (secondary N) is 1. The molecule has 2 N–H and O–H groups in total. The summed E-state index contributed by atoms with van der Waals surface area (Å²) in [6.45, 7) is 8.41. The number of fused-ring (bicyclic) bond motifs is 1. The molecule has 1 atom stereocenters. The van der Waals surface area contributed by atoms with E-state index in [4.69, 9.17) is 0 Å². The summed E-state index contributed by atoms with van der Waals surface area (Å²) < 4.78 is 2.15. The average Bonchev–Trinajstić information content (AvgIpc) is 2.82. The summed E-state index contributed by atoms with van der Waals surface area (Å²) in [4.78, 5) is 14.5. The number of aliphatic hydroxyl groups excluding tert-OH is 1. The molecule has 0 aromatic carbocycles. The molecule has 1 aromatic heterocycles. The maximum absolute atomic E-state index is 12.7. The Morgan fingerprint density at radius 3 is 2.71 bits per heavy atom. The molecule has 1 fully saturated rings. The Morgan fingerprint density at radius 1 is 1.48 bits per heavy atom. The van der Waals surface area contributed by atoms with Gasteiger partial charge >= 0.3 is 0 Å². The van der Waals surface area contributed by atoms with Gasteiger partial charge < -0.3 is 19.9 Å². The highest BCUT2D eigenvalue weighted by atomic mass is 16.3. The van der Waals surface area contributed by atoms with Crippen LogP contribution in [-0.4, -0.2) is 56.9 Å². The van der Waals surface area contributed by atoms with Crippen LogP contribution in [0.1, 0.15) is 44.4 Å². The van der Waals surface area contributed by atoms with E-state index < -0.39 is 5.41 Å². The maximum Gasteiger partial charge on any atom is 0.234 e. The molecule has 0 spiro atoms. The summed E-state index contributed by atoms with van der Waals surface area (Å²) in [6.07, 6.45) is 0. The molecular weight excluding hydrogens is 270 g/mol. The van der Waals surface area contributed by atoms with Crippen LogP contribution in [0.25, 0.3) is 0 Å². The molecule has 7 nitrogen and oxygen atoms in total. The van der Waals surface area contributed by atoms with Crippen LogP contribution in [0.15, 0.2) is 0 Å². The van der Waals surface area contributed by atoms with Crippen molar-refractivity contribution in [2.75, 3.05) is 26.2 Å². The fraction of sp³-hybridized carbons (Fsp3) is 0.786. The van der Waals surface area contributed by atoms with E-state index in [1.165, 1.54) is 0 Å². The lowest BCUT2D eigenvalue weighted by atomic mass is 9.81. The van der Waals surface area contributed by atoms with Gasteiger partial charge in [0.25, 0.3) is 0 Å². The number of aliphatic hydroxyl groups is 1. The molecule has 2 aliphatic heterocycles. The van der Waals surface area contributed by atoms with Gasteiger partial charge in [-0.25, -0.2) is 0 Å². The first-order valence-electron chi connectivity index (χ1n) is 7.53. The maximum atomic E-state index is 12.7. The highest BCUT2D eigenvalue weighted by Crippen LogP contribution is 2.30. The van der Waals surface area contributed by atoms with Crippen molar-refractivity contribution in [2.24, 2.45) is 5.41 Å². The summed E-state index contributed by atoms with van der Waals surface area (Å²) in [7, 11) is 0. The Labute approximate surface area is 124 Å². The molecule has 0 saturated carbocycles. The molecule has 1 saturated heterocycles. The van der Waals surface area contributed by atoms with E-state index in [9.17, 15) is 9.90 Å². The normalized spacial score (nSPS) is 23.9. The predicted molar refractivity (Wildman–Crippen MR) is 76.6 cm³/mol. The standard InChI is InChI=1S/C14H23N5O2/c1-9(2)12-17-16-11-5-18(4-10(3)19(11)12)13(21)14(8-20)6-15-7-14/h9-10,15,20H,4-8H2,1-3H3/t10-/m0/s1. The lowest BCUT2D eigenvalue weighted by molar-refractivity contribution is -0.150. The lowest BCUT2D eigenvalue weighted by Gasteiger charge is -2.44. The van der Waals surface area contributed by atoms with E-state index in [1.54, 1.807) is 0 Å². The van der Waals surface area contributed by atoms with Crippen LogP contribution in [0, 0.1) is 5.41 Å². The minimum absolute atomic E-state index is 0.0240. The molecule has 21 heavy (non-hydrogen) atoms. The Hall–Kier alpha value is -1.47. The van der Waals surface area contributed by atoms with Gasteiger partial charge in [0.2, 0.25) is 5.91 Å². The molecule has 3 heterocycles. The van der Waals surface area contributed by atoms with Crippen molar-refractivity contribution >= 4 is 5.91 Å². The van der Waals surface area contributed by atoms with Crippen LogP contribution >= 0.6 is 0 Å². The first-order chi connectivity index (χ1) is 9.98. The molecule has 7 heteroatoms. The van der Waals surface area contributed by atoms with Gasteiger partial charge in [-0.2, -0.15) is 0 Å². The SMILES string of the molecule is CC(C)c1nnc2n1[C@@H](C)CN(C(=O)C1(CO)CNC1)C2. The van der Waals surface area contributed by atoms with Crippen molar-refractivity contribution in [3.05, 3.63) is 11.6 Å². The molecule has 116 valence electrons. The van der Waals surface area contributed by atoms with Crippen molar-refractivity contribution in [3.63, 3.8) is 0 Å². The third kappa shape index (κ3) is 2.15. The fourth-order valence-electron chi connectivity index (χ4n) is 3.20. The molecule has 3 rings (SSSR count). The number of carbonyl (C=O) groups is 1. The monoisotopic (exact) mass is 293 g/mol. The zero-order valence-corrected chi connectivity index (χ0v) is 12.8. The van der Waals surface area contributed by atoms with E-state index in [-0.39, 0.29) is 18.6 Å². The van der Waals surface area contributed by atoms with Crippen molar-refractivity contribution in [2.45, 2.75) is 39.3 Å². The number of hydrogen-bond acceptors (Lipinski definition) is 5. The van der Waals surface area contributed by atoms with Crippen LogP contribution in [0.5, 0.6) is 0 Å². The van der Waals surface area contributed by atoms with Crippen LogP contribution in [0.2, 0.25) is 0 Å². The van der Waals surface area contributed by atoms with Gasteiger partial charge in [0.1, 0.15) is 5.82 Å². The first kappa shape index (κ1) is 14.5. The second kappa shape index (κ2) is 5.06. The van der Waals surface area contributed by atoms with Crippen molar-refractivity contribution < 1.29 is 9.90 Å². The zero-order valence-electron chi connectivity index (χ0n) is 12.8. The van der Waals surface area contributed by atoms with E-state index >= 15 is 0 Å². The number of carbonyl (C=O) groups excluding carboxylic acids is 1. The molecule has 0 unspecified atom stereocenters. The van der Waals surface area contributed by atoms with Crippen molar-refractivity contribution in [1.82, 2.24) is 25.0 Å². The Bertz CT molecular complexity index is 544. The van der Waals surface area contributed by atoms with Crippen LogP contribution < -0.4 is 5.32 Å². The van der Waals surface area contributed by atoms with Crippen molar-refractivity contribution in [3.8, 4) is 0 Å². The number of aromatic nitrogens is 3. The van der Waals surface area contributed by atoms with E-state index in [0.717, 1.165) is 11.6 Å². The predicted octanol–water partition coefficient (Wildman–Crippen LogP) is -0.113. The summed E-state index contributed by atoms with van der Waals surface area (Å²) in [5.74, 6) is 2.16. The van der Waals surface area contributed by atoms with Crippen LogP contribution in [-0.2, 0) is 11.3 Å². The Balaban J connectivity index is 1.84. The van der Waals surface area contributed by atoms with Gasteiger partial charge in [-0.05, 0) is 6.92 Å². The Morgan fingerprint density at radius 2 is 2.19 bits per heavy atom. The zero-order chi connectivity index (χ0) is 15.2. The number of amides is 1. The molecule has 2 aliphatic rings. The molecule has 0 aliphatic carbocycles. The highest BCUT2D eigenvalue weighted by Gasteiger charge is 2.47. The van der Waals surface area contributed by atoms with Gasteiger partial charge in [0, 0.05) is 25.6 Å². The average molecular weight is 293 g/mol. The van der Waals surface area contributed by atoms with Gasteiger partial charge in [-0.3, -0.25) is 4.79 Å². The van der Waals surface area contributed by atoms with Gasteiger partial charge in [-0.1, -0.05) is 13.8 Å². The molecule has 0 radical (unpaired) electrons. The number of rotatable bonds is 3. The van der Waals surface area contributed by atoms with E-state index in [2.05, 4.69) is 40.9 Å². The van der Waals surface area contributed by atoms with E-state index in [1.807, 2.05) is 4.90 Å². The third-order valence-electron chi connectivity index (χ3n) is 4.54. The summed E-state index contributed by atoms with van der Waals surface area (Å²) >= 11 is 0. The Kier molecular flexibility index (Phi) is 3.49. The minimum Gasteiger partial charge on any atom is -0.395 e. The lowest BCUT2D eigenvalue weighted by Crippen LogP contribution is -2.64. The molecule has 0 bridgehead atoms.